The molecule has 10 heteroatoms. The number of benzene rings is 2. The minimum absolute atomic E-state index is 0.0250. The molecule has 1 N–H and O–H groups in total. The van der Waals surface area contributed by atoms with Gasteiger partial charge in [0.1, 0.15) is 5.02 Å². The second-order valence-corrected chi connectivity index (χ2v) is 6.25. The van der Waals surface area contributed by atoms with Crippen molar-refractivity contribution in [3.63, 3.8) is 0 Å². The Morgan fingerprint density at radius 2 is 1.93 bits per heavy atom. The van der Waals surface area contributed by atoms with Crippen LogP contribution in [0, 0.1) is 16.0 Å². The van der Waals surface area contributed by atoms with Crippen LogP contribution >= 0.6 is 23.8 Å². The molecule has 3 rings (SSSR count). The third-order valence-corrected chi connectivity index (χ3v) is 4.32. The lowest BCUT2D eigenvalue weighted by molar-refractivity contribution is -0.384. The molecule has 1 heterocycles. The Balaban J connectivity index is 1.89. The van der Waals surface area contributed by atoms with Crippen LogP contribution in [-0.2, 0) is 9.59 Å². The molecule has 0 radical (unpaired) electrons. The molecule has 1 aliphatic rings. The van der Waals surface area contributed by atoms with Crippen LogP contribution in [0.3, 0.4) is 0 Å². The molecule has 0 spiro atoms. The largest absolute Gasteiger partial charge is 0.301 e. The molecule has 27 heavy (non-hydrogen) atoms. The lowest BCUT2D eigenvalue weighted by Gasteiger charge is -2.30. The summed E-state index contributed by atoms with van der Waals surface area (Å²) in [5.41, 5.74) is 0.372. The van der Waals surface area contributed by atoms with E-state index in [-0.39, 0.29) is 21.5 Å². The van der Waals surface area contributed by atoms with Crippen LogP contribution in [-0.4, -0.2) is 28.1 Å². The number of carbonyl (C=O) groups is 2. The monoisotopic (exact) mass is 402 g/mol. The van der Waals surface area contributed by atoms with E-state index in [1.165, 1.54) is 17.0 Å². The van der Waals surface area contributed by atoms with Crippen molar-refractivity contribution < 1.29 is 14.5 Å². The summed E-state index contributed by atoms with van der Waals surface area (Å²) in [6.07, 6.45) is 1.13. The highest BCUT2D eigenvalue weighted by atomic mass is 35.5. The second kappa shape index (κ2) is 7.60. The average Bonchev–Trinajstić information content (AvgIpc) is 2.63. The van der Waals surface area contributed by atoms with Crippen LogP contribution < -0.4 is 10.2 Å². The molecule has 1 saturated heterocycles. The van der Waals surface area contributed by atoms with E-state index in [0.29, 0.717) is 5.69 Å². The van der Waals surface area contributed by atoms with Gasteiger partial charge in [-0.25, -0.2) is 0 Å². The standard InChI is InChI=1S/C17H11ClN4O4S/c18-13-7-6-10(8-14(13)22(25)26)19-9-12-15(23)20-17(27)21(16(12)24)11-4-2-1-3-5-11/h1-9,12H,(H,20,23,27)/t12-/m0/s1. The van der Waals surface area contributed by atoms with E-state index in [9.17, 15) is 19.7 Å². The zero-order valence-electron chi connectivity index (χ0n) is 13.5. The Hall–Kier alpha value is -3.17. The van der Waals surface area contributed by atoms with E-state index in [0.717, 1.165) is 12.3 Å². The molecule has 0 aromatic heterocycles. The lowest BCUT2D eigenvalue weighted by Crippen LogP contribution is -2.58. The smallest absolute Gasteiger partial charge is 0.290 e. The van der Waals surface area contributed by atoms with Crippen molar-refractivity contribution in [2.75, 3.05) is 4.90 Å². The summed E-state index contributed by atoms with van der Waals surface area (Å²) in [5, 5.41) is 13.3. The molecular formula is C17H11ClN4O4S. The highest BCUT2D eigenvalue weighted by Crippen LogP contribution is 2.29. The Morgan fingerprint density at radius 3 is 2.59 bits per heavy atom. The van der Waals surface area contributed by atoms with E-state index in [1.54, 1.807) is 30.3 Å². The number of nitro groups is 1. The lowest BCUT2D eigenvalue weighted by atomic mass is 10.1. The van der Waals surface area contributed by atoms with Crippen molar-refractivity contribution >= 4 is 64.0 Å². The minimum atomic E-state index is -1.23. The molecule has 136 valence electrons. The topological polar surface area (TPSA) is 105 Å². The normalized spacial score (nSPS) is 17.3. The Bertz CT molecular complexity index is 980. The maximum Gasteiger partial charge on any atom is 0.290 e. The van der Waals surface area contributed by atoms with Crippen molar-refractivity contribution in [3.05, 3.63) is 63.7 Å². The van der Waals surface area contributed by atoms with Gasteiger partial charge in [-0.15, -0.1) is 0 Å². The molecule has 0 aliphatic carbocycles. The summed E-state index contributed by atoms with van der Waals surface area (Å²) in [5.74, 6) is -2.42. The number of rotatable bonds is 4. The van der Waals surface area contributed by atoms with E-state index in [4.69, 9.17) is 23.8 Å². The van der Waals surface area contributed by atoms with Crippen molar-refractivity contribution in [2.24, 2.45) is 10.9 Å². The van der Waals surface area contributed by atoms with Gasteiger partial charge in [0.2, 0.25) is 5.91 Å². The fraction of sp³-hybridized carbons (Fsp3) is 0.0588. The predicted molar refractivity (Wildman–Crippen MR) is 104 cm³/mol. The summed E-state index contributed by atoms with van der Waals surface area (Å²) in [6, 6.07) is 12.5. The third kappa shape index (κ3) is 3.83. The van der Waals surface area contributed by atoms with Crippen LogP contribution in [0.1, 0.15) is 0 Å². The number of nitro benzene ring substituents is 1. The molecular weight excluding hydrogens is 392 g/mol. The molecule has 2 aromatic carbocycles. The first-order valence-electron chi connectivity index (χ1n) is 7.60. The van der Waals surface area contributed by atoms with Gasteiger partial charge in [-0.05, 0) is 36.5 Å². The first kappa shape index (κ1) is 18.6. The van der Waals surface area contributed by atoms with Gasteiger partial charge in [0.15, 0.2) is 11.0 Å². The van der Waals surface area contributed by atoms with Crippen LogP contribution in [0.4, 0.5) is 17.1 Å². The third-order valence-electron chi connectivity index (χ3n) is 3.72. The number of nitrogens with one attached hydrogen (secondary N) is 1. The SMILES string of the molecule is O=C1NC(=S)N(c2ccccc2)C(=O)[C@H]1C=Nc1ccc(Cl)c([N+](=O)[O-])c1. The average molecular weight is 403 g/mol. The number of para-hydroxylation sites is 1. The van der Waals surface area contributed by atoms with Crippen LogP contribution in [0.5, 0.6) is 0 Å². The molecule has 1 fully saturated rings. The highest BCUT2D eigenvalue weighted by molar-refractivity contribution is 7.80. The number of hydrogen-bond acceptors (Lipinski definition) is 6. The molecule has 2 amide bonds. The summed E-state index contributed by atoms with van der Waals surface area (Å²) in [7, 11) is 0. The Labute approximate surface area is 163 Å². The summed E-state index contributed by atoms with van der Waals surface area (Å²) in [4.78, 5) is 40.5. The number of anilines is 1. The van der Waals surface area contributed by atoms with Crippen molar-refractivity contribution in [3.8, 4) is 0 Å². The van der Waals surface area contributed by atoms with Gasteiger partial charge in [-0.1, -0.05) is 29.8 Å². The second-order valence-electron chi connectivity index (χ2n) is 5.45. The van der Waals surface area contributed by atoms with Crippen molar-refractivity contribution in [1.82, 2.24) is 5.32 Å². The number of halogens is 1. The Morgan fingerprint density at radius 1 is 1.22 bits per heavy atom. The minimum Gasteiger partial charge on any atom is -0.301 e. The number of hydrogen-bond donors (Lipinski definition) is 1. The maximum absolute atomic E-state index is 12.8. The number of carbonyl (C=O) groups excluding carboxylic acids is 2. The van der Waals surface area contributed by atoms with Gasteiger partial charge >= 0.3 is 0 Å². The fourth-order valence-electron chi connectivity index (χ4n) is 2.43. The Kier molecular flexibility index (Phi) is 5.24. The molecule has 0 bridgehead atoms. The first-order chi connectivity index (χ1) is 12.9. The fourth-order valence-corrected chi connectivity index (χ4v) is 2.91. The van der Waals surface area contributed by atoms with Gasteiger partial charge in [0.25, 0.3) is 11.6 Å². The van der Waals surface area contributed by atoms with Crippen molar-refractivity contribution in [1.29, 1.82) is 0 Å². The van der Waals surface area contributed by atoms with Crippen LogP contribution in [0.15, 0.2) is 53.5 Å². The quantitative estimate of drug-likeness (QED) is 0.278. The van der Waals surface area contributed by atoms with Crippen molar-refractivity contribution in [2.45, 2.75) is 0 Å². The molecule has 2 aromatic rings. The number of nitrogens with zero attached hydrogens (tertiary/aromatic N) is 3. The summed E-state index contributed by atoms with van der Waals surface area (Å²) in [6.45, 7) is 0. The van der Waals surface area contributed by atoms with Gasteiger partial charge in [-0.3, -0.25) is 29.6 Å². The predicted octanol–water partition coefficient (Wildman–Crippen LogP) is 3.01. The number of amides is 2. The maximum atomic E-state index is 12.8. The molecule has 0 unspecified atom stereocenters. The summed E-state index contributed by atoms with van der Waals surface area (Å²) < 4.78 is 0. The van der Waals surface area contributed by atoms with Gasteiger partial charge < -0.3 is 5.32 Å². The van der Waals surface area contributed by atoms with E-state index in [2.05, 4.69) is 10.3 Å². The van der Waals surface area contributed by atoms with Gasteiger partial charge in [0, 0.05) is 12.3 Å². The number of aliphatic imine (C=N–C) groups is 1. The highest BCUT2D eigenvalue weighted by Gasteiger charge is 2.38. The molecule has 1 atom stereocenters. The molecule has 8 nitrogen and oxygen atoms in total. The van der Waals surface area contributed by atoms with Gasteiger partial charge in [-0.2, -0.15) is 0 Å². The summed E-state index contributed by atoms with van der Waals surface area (Å²) >= 11 is 10.8. The zero-order valence-corrected chi connectivity index (χ0v) is 15.1. The van der Waals surface area contributed by atoms with E-state index >= 15 is 0 Å². The number of thiocarbonyl (C=S) groups is 1. The first-order valence-corrected chi connectivity index (χ1v) is 8.39. The van der Waals surface area contributed by atoms with E-state index in [1.807, 2.05) is 0 Å². The van der Waals surface area contributed by atoms with Crippen LogP contribution in [0.25, 0.3) is 0 Å². The van der Waals surface area contributed by atoms with Crippen LogP contribution in [0.2, 0.25) is 5.02 Å². The van der Waals surface area contributed by atoms with Gasteiger partial charge in [0.05, 0.1) is 16.3 Å². The molecule has 0 saturated carbocycles. The van der Waals surface area contributed by atoms with E-state index < -0.39 is 22.7 Å². The zero-order chi connectivity index (χ0) is 19.6. The molecule has 1 aliphatic heterocycles.